The molecule has 2 fully saturated rings. The molecule has 11 nitrogen and oxygen atoms in total. The number of carbonyl (C=O) groups is 1. The number of aromatic hydroxyl groups is 1. The van der Waals surface area contributed by atoms with Crippen LogP contribution in [0, 0.1) is 11.8 Å². The lowest BCUT2D eigenvalue weighted by Crippen LogP contribution is -3.16. The largest absolute Gasteiger partial charge is 0.507 e. The van der Waals surface area contributed by atoms with Crippen LogP contribution < -0.4 is 31.7 Å². The van der Waals surface area contributed by atoms with Gasteiger partial charge in [-0.05, 0) is 44.9 Å². The third kappa shape index (κ3) is 6.24. The van der Waals surface area contributed by atoms with E-state index in [0.29, 0.717) is 23.7 Å². The Balaban J connectivity index is 1.29. The quantitative estimate of drug-likeness (QED) is 0.310. The van der Waals surface area contributed by atoms with Crippen LogP contribution in [0.4, 0.5) is 10.6 Å². The van der Waals surface area contributed by atoms with Gasteiger partial charge in [0.05, 0.1) is 24.8 Å². The molecular weight excluding hydrogens is 508 g/mol. The third-order valence-electron chi connectivity index (χ3n) is 7.23. The molecule has 0 aliphatic carbocycles. The number of hydrogen-bond donors (Lipinski definition) is 6. The number of phenols is 1. The molecule has 4 heterocycles. The fraction of sp³-hybridized carbons (Fsp3) is 0.414. The number of nitrogens with zero attached hydrogens (tertiary/aromatic N) is 3. The summed E-state index contributed by atoms with van der Waals surface area (Å²) in [6, 6.07) is 9.93. The van der Waals surface area contributed by atoms with Crippen molar-refractivity contribution >= 4 is 17.6 Å². The molecule has 1 aromatic heterocycles. The predicted molar refractivity (Wildman–Crippen MR) is 151 cm³/mol. The average molecular weight is 546 g/mol. The Morgan fingerprint density at radius 2 is 2.02 bits per heavy atom. The highest BCUT2D eigenvalue weighted by molar-refractivity contribution is 5.71. The van der Waals surface area contributed by atoms with Gasteiger partial charge < -0.3 is 25.8 Å². The number of nitrogens with one attached hydrogen (secondary N) is 4. The Morgan fingerprint density at radius 3 is 2.83 bits per heavy atom. The highest BCUT2D eigenvalue weighted by Gasteiger charge is 2.44. The van der Waals surface area contributed by atoms with Gasteiger partial charge in [-0.3, -0.25) is 15.8 Å². The predicted octanol–water partition coefficient (Wildman–Crippen LogP) is 0.961. The second kappa shape index (κ2) is 11.4. The van der Waals surface area contributed by atoms with E-state index >= 15 is 0 Å². The number of benzene rings is 1. The summed E-state index contributed by atoms with van der Waals surface area (Å²) in [5, 5.41) is 13.0. The Bertz CT molecular complexity index is 1390. The number of hydrogen-bond acceptors (Lipinski definition) is 9. The normalized spacial score (nSPS) is 22.2. The Hall–Kier alpha value is -4.43. The zero-order valence-electron chi connectivity index (χ0n) is 23.1. The van der Waals surface area contributed by atoms with E-state index < -0.39 is 11.7 Å². The van der Waals surface area contributed by atoms with Crippen molar-refractivity contribution in [3.05, 3.63) is 65.5 Å². The third-order valence-corrected chi connectivity index (χ3v) is 7.23. The van der Waals surface area contributed by atoms with Crippen LogP contribution in [0.5, 0.6) is 5.75 Å². The Morgan fingerprint density at radius 1 is 1.23 bits per heavy atom. The van der Waals surface area contributed by atoms with Gasteiger partial charge >= 0.3 is 6.09 Å². The van der Waals surface area contributed by atoms with E-state index in [-0.39, 0.29) is 12.3 Å². The van der Waals surface area contributed by atoms with Crippen LogP contribution in [0.2, 0.25) is 0 Å². The summed E-state index contributed by atoms with van der Waals surface area (Å²) in [4.78, 5) is 24.5. The standard InChI is InChI=1S/C29H36N8O3/c1-29(2,3)40-28(39)32-14-6-9-25-31-15-12-26(33-25)36-16-13-19-10-11-20(18-36)37(19)23-17-22(34-35-27(23)30)21-7-4-5-8-24(21)38/h4-5,7-8,12,15,17,19-20,34-35,38H,10-11,13-14,16,18,30H2,1-3H3,(H,32,39)/p+1/t19-,20+/m0/s1. The second-order valence-electron chi connectivity index (χ2n) is 11.2. The number of rotatable bonds is 4. The average Bonchev–Trinajstić information content (AvgIpc) is 3.20. The van der Waals surface area contributed by atoms with E-state index in [9.17, 15) is 9.90 Å². The zero-order valence-corrected chi connectivity index (χ0v) is 23.1. The van der Waals surface area contributed by atoms with Crippen LogP contribution in [0.25, 0.3) is 5.70 Å². The number of quaternary nitrogens is 1. The number of anilines is 1. The molecule has 3 atom stereocenters. The van der Waals surface area contributed by atoms with Crippen LogP contribution in [0.3, 0.4) is 0 Å². The number of phenolic OH excluding ortho intramolecular Hbond substituents is 1. The van der Waals surface area contributed by atoms with Gasteiger partial charge in [0, 0.05) is 43.6 Å². The minimum absolute atomic E-state index is 0.143. The molecular formula is C29H37N8O3+. The summed E-state index contributed by atoms with van der Waals surface area (Å²) < 4.78 is 5.23. The van der Waals surface area contributed by atoms with E-state index in [1.807, 2.05) is 39.0 Å². The molecule has 3 aliphatic rings. The number of amides is 1. The lowest BCUT2D eigenvalue weighted by Gasteiger charge is -2.30. The van der Waals surface area contributed by atoms with Gasteiger partial charge in [0.15, 0.2) is 11.5 Å². The first-order chi connectivity index (χ1) is 19.2. The number of carbonyl (C=O) groups excluding carboxylic acids is 1. The van der Waals surface area contributed by atoms with E-state index in [1.165, 1.54) is 4.90 Å². The van der Waals surface area contributed by atoms with Crippen molar-refractivity contribution in [1.29, 1.82) is 0 Å². The maximum atomic E-state index is 11.8. The zero-order chi connectivity index (χ0) is 28.3. The molecule has 7 N–H and O–H groups in total. The van der Waals surface area contributed by atoms with Crippen molar-refractivity contribution in [3.8, 4) is 17.6 Å². The number of aromatic nitrogens is 2. The minimum Gasteiger partial charge on any atom is -0.507 e. The molecule has 1 amide bonds. The summed E-state index contributed by atoms with van der Waals surface area (Å²) in [7, 11) is 0. The summed E-state index contributed by atoms with van der Waals surface area (Å²) >= 11 is 0. The number of allylic oxidation sites excluding steroid dienone is 1. The van der Waals surface area contributed by atoms with Crippen molar-refractivity contribution in [2.24, 2.45) is 5.73 Å². The molecule has 0 saturated carbocycles. The summed E-state index contributed by atoms with van der Waals surface area (Å²) in [6.07, 6.45) is 6.46. The number of nitrogens with two attached hydrogens (primary N) is 1. The van der Waals surface area contributed by atoms with Gasteiger partial charge in [-0.15, -0.1) is 0 Å². The van der Waals surface area contributed by atoms with Gasteiger partial charge in [0.1, 0.15) is 23.2 Å². The fourth-order valence-electron chi connectivity index (χ4n) is 5.54. The number of fused-ring (bicyclic) bond motifs is 2. The van der Waals surface area contributed by atoms with Crippen molar-refractivity contribution in [3.63, 3.8) is 0 Å². The van der Waals surface area contributed by atoms with Gasteiger partial charge in [0.2, 0.25) is 5.82 Å². The molecule has 210 valence electrons. The summed E-state index contributed by atoms with van der Waals surface area (Å²) in [6.45, 7) is 7.26. The molecule has 1 unspecified atom stereocenters. The maximum Gasteiger partial charge on any atom is 0.408 e. The van der Waals surface area contributed by atoms with E-state index in [4.69, 9.17) is 15.5 Å². The van der Waals surface area contributed by atoms with Crippen molar-refractivity contribution in [2.45, 2.75) is 57.7 Å². The van der Waals surface area contributed by atoms with Crippen molar-refractivity contribution < 1.29 is 19.5 Å². The molecule has 40 heavy (non-hydrogen) atoms. The lowest BCUT2D eigenvalue weighted by atomic mass is 10.1. The Labute approximate surface area is 234 Å². The SMILES string of the molecule is CC(C)(C)OC(=O)NCC#Cc1nccc(N2CC[C@@H]3CC[C@H](C2)[NH+]3C2=C(N)NNC(c3ccccc3O)=C2)n1. The number of alkyl carbamates (subject to hydrolysis) is 1. The van der Waals surface area contributed by atoms with Gasteiger partial charge in [-0.1, -0.05) is 18.1 Å². The molecule has 2 saturated heterocycles. The smallest absolute Gasteiger partial charge is 0.408 e. The second-order valence-corrected chi connectivity index (χ2v) is 11.2. The van der Waals surface area contributed by atoms with Crippen molar-refractivity contribution in [1.82, 2.24) is 26.1 Å². The monoisotopic (exact) mass is 545 g/mol. The molecule has 0 radical (unpaired) electrons. The van der Waals surface area contributed by atoms with Crippen LogP contribution in [-0.4, -0.2) is 58.5 Å². The first-order valence-electron chi connectivity index (χ1n) is 13.6. The summed E-state index contributed by atoms with van der Waals surface area (Å²) in [5.74, 6) is 7.89. The van der Waals surface area contributed by atoms with E-state index in [2.05, 4.69) is 44.0 Å². The van der Waals surface area contributed by atoms with E-state index in [1.54, 1.807) is 18.3 Å². The van der Waals surface area contributed by atoms with Crippen LogP contribution in [-0.2, 0) is 4.74 Å². The molecule has 5 rings (SSSR count). The molecule has 0 spiro atoms. The molecule has 2 bridgehead atoms. The van der Waals surface area contributed by atoms with Gasteiger partial charge in [-0.2, -0.15) is 0 Å². The number of hydrazine groups is 1. The topological polar surface area (TPSA) is 142 Å². The molecule has 11 heteroatoms. The molecule has 2 aromatic rings. The van der Waals surface area contributed by atoms with Crippen molar-refractivity contribution in [2.75, 3.05) is 24.5 Å². The maximum absolute atomic E-state index is 11.8. The number of para-hydroxylation sites is 1. The van der Waals surface area contributed by atoms with Crippen LogP contribution in [0.15, 0.2) is 54.1 Å². The first kappa shape index (κ1) is 27.1. The summed E-state index contributed by atoms with van der Waals surface area (Å²) in [5.41, 5.74) is 14.7. The van der Waals surface area contributed by atoms with E-state index in [0.717, 1.165) is 55.1 Å². The Kier molecular flexibility index (Phi) is 7.71. The lowest BCUT2D eigenvalue weighted by molar-refractivity contribution is -0.893. The highest BCUT2D eigenvalue weighted by atomic mass is 16.6. The molecule has 3 aliphatic heterocycles. The number of ether oxygens (including phenoxy) is 1. The molecule has 1 aromatic carbocycles. The van der Waals surface area contributed by atoms with Crippen LogP contribution in [0.1, 0.15) is 51.4 Å². The fourth-order valence-corrected chi connectivity index (χ4v) is 5.54. The highest BCUT2D eigenvalue weighted by Crippen LogP contribution is 2.26. The van der Waals surface area contributed by atoms with Gasteiger partial charge in [0.25, 0.3) is 0 Å². The van der Waals surface area contributed by atoms with Crippen LogP contribution >= 0.6 is 0 Å². The van der Waals surface area contributed by atoms with Gasteiger partial charge in [-0.25, -0.2) is 14.8 Å². The minimum atomic E-state index is -0.561. The first-order valence-corrected chi connectivity index (χ1v) is 13.6.